The summed E-state index contributed by atoms with van der Waals surface area (Å²) in [4.78, 5) is 11.3. The van der Waals surface area contributed by atoms with Crippen molar-refractivity contribution in [2.45, 2.75) is 51.4 Å². The Hall–Kier alpha value is -1.96. The number of imidazole rings is 1. The van der Waals surface area contributed by atoms with Gasteiger partial charge in [-0.2, -0.15) is 5.10 Å². The summed E-state index contributed by atoms with van der Waals surface area (Å²) in [6.45, 7) is 13.4. The van der Waals surface area contributed by atoms with Crippen LogP contribution in [0.3, 0.4) is 0 Å². The summed E-state index contributed by atoms with van der Waals surface area (Å²) in [5, 5.41) is 5.02. The Balaban J connectivity index is 1.55. The lowest BCUT2D eigenvalue weighted by Crippen LogP contribution is -2.44. The van der Waals surface area contributed by atoms with E-state index in [1.54, 1.807) is 16.8 Å². The average molecular weight is 430 g/mol. The monoisotopic (exact) mass is 429 g/mol. The summed E-state index contributed by atoms with van der Waals surface area (Å²) in [5.74, 6) is 0. The fourth-order valence-corrected chi connectivity index (χ4v) is 4.95. The van der Waals surface area contributed by atoms with Crippen LogP contribution in [-0.2, 0) is 4.43 Å². The summed E-state index contributed by atoms with van der Waals surface area (Å²) in [6.07, 6.45) is 4.97. The minimum absolute atomic E-state index is 0.224. The Kier molecular flexibility index (Phi) is 5.17. The van der Waals surface area contributed by atoms with E-state index in [1.807, 2.05) is 12.3 Å². The molecule has 0 spiro atoms. The van der Waals surface area contributed by atoms with Gasteiger partial charge in [0.25, 0.3) is 0 Å². The molecule has 6 nitrogen and oxygen atoms in total. The Bertz CT molecular complexity index is 1030. The largest absolute Gasteiger partial charge is 0.412 e. The molecule has 0 unspecified atom stereocenters. The van der Waals surface area contributed by atoms with Gasteiger partial charge in [-0.1, -0.05) is 32.4 Å². The summed E-state index contributed by atoms with van der Waals surface area (Å²) in [6, 6.07) is 7.75. The van der Waals surface area contributed by atoms with Crippen molar-refractivity contribution in [3.8, 4) is 11.4 Å². The third-order valence-electron chi connectivity index (χ3n) is 6.11. The topological polar surface area (TPSA) is 55.5 Å². The number of anilines is 1. The molecular formula is C21H28ClN5OSi. The van der Waals surface area contributed by atoms with Gasteiger partial charge >= 0.3 is 0 Å². The van der Waals surface area contributed by atoms with Crippen LogP contribution < -0.4 is 4.90 Å². The van der Waals surface area contributed by atoms with Gasteiger partial charge < -0.3 is 9.33 Å². The van der Waals surface area contributed by atoms with Crippen molar-refractivity contribution in [3.63, 3.8) is 0 Å². The van der Waals surface area contributed by atoms with Crippen LogP contribution in [0.1, 0.15) is 27.2 Å². The van der Waals surface area contributed by atoms with E-state index in [0.717, 1.165) is 42.2 Å². The average Bonchev–Trinajstić information content (AvgIpc) is 3.27. The first-order chi connectivity index (χ1) is 13.6. The number of fused-ring (bicyclic) bond motifs is 1. The second-order valence-corrected chi connectivity index (χ2v) is 14.3. The second-order valence-electron chi connectivity index (χ2n) is 9.20. The van der Waals surface area contributed by atoms with Gasteiger partial charge in [-0.05, 0) is 48.8 Å². The zero-order valence-corrected chi connectivity index (χ0v) is 19.4. The molecule has 0 aliphatic carbocycles. The molecule has 8 heteroatoms. The maximum atomic E-state index is 6.63. The minimum atomic E-state index is -1.76. The fraction of sp³-hybridized carbons (Fsp3) is 0.476. The van der Waals surface area contributed by atoms with Crippen LogP contribution >= 0.6 is 11.6 Å². The summed E-state index contributed by atoms with van der Waals surface area (Å²) in [5.41, 5.74) is 3.56. The lowest BCUT2D eigenvalue weighted by molar-refractivity contribution is 0.202. The van der Waals surface area contributed by atoms with Crippen molar-refractivity contribution < 1.29 is 4.43 Å². The molecule has 4 heterocycles. The number of nitrogens with zero attached hydrogens (tertiary/aromatic N) is 5. The van der Waals surface area contributed by atoms with E-state index in [1.165, 1.54) is 0 Å². The summed E-state index contributed by atoms with van der Waals surface area (Å²) < 4.78 is 8.37. The summed E-state index contributed by atoms with van der Waals surface area (Å²) >= 11 is 6.07. The molecule has 29 heavy (non-hydrogen) atoms. The SMILES string of the molecule is CC(C)(C)[Si](C)(C)O[C@H]1CCN(c2ccnc(-c3cnc4ccc(Cl)nn34)c2)C1. The molecule has 0 aromatic carbocycles. The predicted molar refractivity (Wildman–Crippen MR) is 120 cm³/mol. The predicted octanol–water partition coefficient (Wildman–Crippen LogP) is 5.05. The highest BCUT2D eigenvalue weighted by molar-refractivity contribution is 6.74. The lowest BCUT2D eigenvalue weighted by atomic mass is 10.2. The molecule has 154 valence electrons. The van der Waals surface area contributed by atoms with Crippen molar-refractivity contribution in [1.82, 2.24) is 19.6 Å². The molecule has 3 aromatic heterocycles. The van der Waals surface area contributed by atoms with Crippen molar-refractivity contribution in [2.75, 3.05) is 18.0 Å². The maximum absolute atomic E-state index is 6.63. The first kappa shape index (κ1) is 20.3. The van der Waals surface area contributed by atoms with E-state index >= 15 is 0 Å². The Morgan fingerprint density at radius 1 is 1.17 bits per heavy atom. The summed E-state index contributed by atoms with van der Waals surface area (Å²) in [7, 11) is -1.76. The standard InChI is InChI=1S/C21H28ClN5OSi/c1-21(2,3)29(4,5)28-16-9-11-26(14-16)15-8-10-23-17(12-15)18-13-24-20-7-6-19(22)25-27(18)20/h6-8,10,12-13,16H,9,11,14H2,1-5H3/t16-/m0/s1. The van der Waals surface area contributed by atoms with Gasteiger partial charge in [-0.3, -0.25) is 4.98 Å². The van der Waals surface area contributed by atoms with Crippen LogP contribution in [0.25, 0.3) is 17.0 Å². The number of hydrogen-bond acceptors (Lipinski definition) is 5. The van der Waals surface area contributed by atoms with Crippen LogP contribution in [-0.4, -0.2) is 47.1 Å². The van der Waals surface area contributed by atoms with Gasteiger partial charge in [0, 0.05) is 25.0 Å². The van der Waals surface area contributed by atoms with Gasteiger partial charge in [0.2, 0.25) is 0 Å². The van der Waals surface area contributed by atoms with Gasteiger partial charge in [0.1, 0.15) is 10.8 Å². The third-order valence-corrected chi connectivity index (χ3v) is 10.8. The molecule has 1 atom stereocenters. The van der Waals surface area contributed by atoms with Crippen LogP contribution in [0.4, 0.5) is 5.69 Å². The van der Waals surface area contributed by atoms with E-state index in [0.29, 0.717) is 5.15 Å². The van der Waals surface area contributed by atoms with Crippen LogP contribution in [0.2, 0.25) is 23.3 Å². The highest BCUT2D eigenvalue weighted by Gasteiger charge is 2.40. The van der Waals surface area contributed by atoms with Crippen molar-refractivity contribution >= 4 is 31.3 Å². The lowest BCUT2D eigenvalue weighted by Gasteiger charge is -2.38. The molecule has 0 bridgehead atoms. The molecule has 1 aliphatic heterocycles. The molecule has 0 radical (unpaired) electrons. The molecule has 0 N–H and O–H groups in total. The highest BCUT2D eigenvalue weighted by atomic mass is 35.5. The van der Waals surface area contributed by atoms with E-state index in [9.17, 15) is 0 Å². The van der Waals surface area contributed by atoms with Gasteiger partial charge in [-0.25, -0.2) is 9.50 Å². The molecule has 1 aliphatic rings. The smallest absolute Gasteiger partial charge is 0.192 e. The maximum Gasteiger partial charge on any atom is 0.192 e. The van der Waals surface area contributed by atoms with Crippen LogP contribution in [0, 0.1) is 0 Å². The third kappa shape index (κ3) is 4.04. The number of rotatable bonds is 4. The Morgan fingerprint density at radius 2 is 1.97 bits per heavy atom. The van der Waals surface area contributed by atoms with Crippen molar-refractivity contribution in [3.05, 3.63) is 41.8 Å². The van der Waals surface area contributed by atoms with E-state index in [2.05, 4.69) is 66.0 Å². The van der Waals surface area contributed by atoms with Gasteiger partial charge in [0.05, 0.1) is 18.0 Å². The van der Waals surface area contributed by atoms with Gasteiger partial charge in [-0.15, -0.1) is 0 Å². The Morgan fingerprint density at radius 3 is 2.72 bits per heavy atom. The first-order valence-electron chi connectivity index (χ1n) is 10.0. The highest BCUT2D eigenvalue weighted by Crippen LogP contribution is 2.38. The molecule has 1 fully saturated rings. The molecule has 1 saturated heterocycles. The molecular weight excluding hydrogens is 402 g/mol. The van der Waals surface area contributed by atoms with Crippen molar-refractivity contribution in [2.24, 2.45) is 0 Å². The van der Waals surface area contributed by atoms with E-state index in [4.69, 9.17) is 16.0 Å². The molecule has 0 amide bonds. The number of pyridine rings is 1. The molecule has 4 rings (SSSR count). The quantitative estimate of drug-likeness (QED) is 0.543. The Labute approximate surface area is 178 Å². The normalized spacial score (nSPS) is 18.0. The fourth-order valence-electron chi connectivity index (χ4n) is 3.43. The van der Waals surface area contributed by atoms with E-state index in [-0.39, 0.29) is 11.1 Å². The van der Waals surface area contributed by atoms with E-state index < -0.39 is 8.32 Å². The van der Waals surface area contributed by atoms with Crippen LogP contribution in [0.15, 0.2) is 36.7 Å². The zero-order chi connectivity index (χ0) is 20.8. The van der Waals surface area contributed by atoms with Crippen LogP contribution in [0.5, 0.6) is 0 Å². The first-order valence-corrected chi connectivity index (χ1v) is 13.3. The van der Waals surface area contributed by atoms with Crippen molar-refractivity contribution in [1.29, 1.82) is 0 Å². The number of hydrogen-bond donors (Lipinski definition) is 0. The zero-order valence-electron chi connectivity index (χ0n) is 17.7. The molecule has 3 aromatic rings. The number of halogens is 1. The molecule has 0 saturated carbocycles. The van der Waals surface area contributed by atoms with Gasteiger partial charge in [0.15, 0.2) is 14.0 Å². The number of aromatic nitrogens is 4. The minimum Gasteiger partial charge on any atom is -0.412 e. The second kappa shape index (κ2) is 7.38.